The molecule has 74 valence electrons. The van der Waals surface area contributed by atoms with Gasteiger partial charge in [0.15, 0.2) is 10.3 Å². The quantitative estimate of drug-likeness (QED) is 0.552. The van der Waals surface area contributed by atoms with E-state index in [0.717, 1.165) is 5.52 Å². The number of hydrogen-bond donors (Lipinski definition) is 4. The van der Waals surface area contributed by atoms with E-state index in [1.165, 1.54) is 0 Å². The first-order chi connectivity index (χ1) is 6.81. The van der Waals surface area contributed by atoms with E-state index in [-0.39, 0.29) is 6.61 Å². The van der Waals surface area contributed by atoms with Crippen molar-refractivity contribution < 1.29 is 5.11 Å². The smallest absolute Gasteiger partial charge is 0.203 e. The van der Waals surface area contributed by atoms with Crippen LogP contribution in [-0.2, 0) is 0 Å². The van der Waals surface area contributed by atoms with E-state index in [4.69, 9.17) is 17.3 Å². The highest BCUT2D eigenvalue weighted by Crippen LogP contribution is 2.09. The molecule has 14 heavy (non-hydrogen) atoms. The van der Waals surface area contributed by atoms with Gasteiger partial charge in [-0.05, 0) is 0 Å². The summed E-state index contributed by atoms with van der Waals surface area (Å²) in [5, 5.41) is 11.5. The Balaban J connectivity index is 2.43. The van der Waals surface area contributed by atoms with Crippen LogP contribution >= 0.6 is 12.2 Å². The zero-order valence-electron chi connectivity index (χ0n) is 7.24. The first-order valence-corrected chi connectivity index (χ1v) is 4.50. The van der Waals surface area contributed by atoms with Crippen molar-refractivity contribution in [3.05, 3.63) is 11.0 Å². The van der Waals surface area contributed by atoms with Crippen LogP contribution in [0.4, 0.5) is 5.95 Å². The van der Waals surface area contributed by atoms with Crippen LogP contribution in [0.15, 0.2) is 6.33 Å². The van der Waals surface area contributed by atoms with Crippen molar-refractivity contribution >= 4 is 29.3 Å². The van der Waals surface area contributed by atoms with Crippen LogP contribution in [0, 0.1) is 4.64 Å². The van der Waals surface area contributed by atoms with Gasteiger partial charge < -0.3 is 20.4 Å². The van der Waals surface area contributed by atoms with E-state index in [1.54, 1.807) is 6.33 Å². The average molecular weight is 211 g/mol. The highest BCUT2D eigenvalue weighted by atomic mass is 32.1. The predicted octanol–water partition coefficient (Wildman–Crippen LogP) is 0.420. The summed E-state index contributed by atoms with van der Waals surface area (Å²) in [6.07, 6.45) is 1.55. The van der Waals surface area contributed by atoms with Gasteiger partial charge in [-0.25, -0.2) is 9.97 Å². The monoisotopic (exact) mass is 211 g/mol. The molecule has 0 aliphatic carbocycles. The number of nitrogens with zero attached hydrogens (tertiary/aromatic N) is 2. The molecule has 2 heterocycles. The lowest BCUT2D eigenvalue weighted by atomic mass is 10.5. The second-order valence-corrected chi connectivity index (χ2v) is 3.05. The van der Waals surface area contributed by atoms with Crippen LogP contribution in [0.1, 0.15) is 0 Å². The van der Waals surface area contributed by atoms with Gasteiger partial charge in [0.05, 0.1) is 12.9 Å². The summed E-state index contributed by atoms with van der Waals surface area (Å²) in [6.45, 7) is 0.467. The van der Waals surface area contributed by atoms with E-state index < -0.39 is 0 Å². The molecule has 0 atom stereocenters. The summed E-state index contributed by atoms with van der Waals surface area (Å²) in [5.74, 6) is 0.517. The SMILES string of the molecule is OCCNc1nc(=S)c2[nH]cnc2[nH]1. The molecule has 7 heteroatoms. The number of hydrogen-bond acceptors (Lipinski definition) is 5. The first kappa shape index (κ1) is 9.10. The van der Waals surface area contributed by atoms with Crippen LogP contribution < -0.4 is 5.32 Å². The topological polar surface area (TPSA) is 89.6 Å². The third-order valence-electron chi connectivity index (χ3n) is 1.71. The highest BCUT2D eigenvalue weighted by Gasteiger charge is 2.01. The van der Waals surface area contributed by atoms with Gasteiger partial charge in [-0.1, -0.05) is 12.2 Å². The van der Waals surface area contributed by atoms with Gasteiger partial charge in [0.2, 0.25) is 5.95 Å². The van der Waals surface area contributed by atoms with Gasteiger partial charge in [-0.3, -0.25) is 0 Å². The fraction of sp³-hybridized carbons (Fsp3) is 0.286. The molecule has 0 saturated heterocycles. The molecule has 2 aromatic rings. The Morgan fingerprint density at radius 2 is 2.43 bits per heavy atom. The van der Waals surface area contributed by atoms with Crippen LogP contribution in [0.25, 0.3) is 11.2 Å². The minimum absolute atomic E-state index is 0.0425. The maximum absolute atomic E-state index is 8.62. The Labute approximate surface area is 84.4 Å². The van der Waals surface area contributed by atoms with Crippen LogP contribution in [0.3, 0.4) is 0 Å². The second kappa shape index (κ2) is 3.72. The number of imidazole rings is 1. The fourth-order valence-corrected chi connectivity index (χ4v) is 1.35. The fourth-order valence-electron chi connectivity index (χ4n) is 1.11. The molecule has 0 spiro atoms. The molecule has 0 radical (unpaired) electrons. The lowest BCUT2D eigenvalue weighted by Crippen LogP contribution is -2.08. The summed E-state index contributed by atoms with van der Waals surface area (Å²) in [7, 11) is 0. The van der Waals surface area contributed by atoms with Crippen molar-refractivity contribution in [3.63, 3.8) is 0 Å². The predicted molar refractivity (Wildman–Crippen MR) is 54.6 cm³/mol. The normalized spacial score (nSPS) is 10.6. The lowest BCUT2D eigenvalue weighted by molar-refractivity contribution is 0.311. The number of aromatic nitrogens is 4. The van der Waals surface area contributed by atoms with Gasteiger partial charge >= 0.3 is 0 Å². The Morgan fingerprint density at radius 1 is 1.57 bits per heavy atom. The van der Waals surface area contributed by atoms with Crippen LogP contribution in [-0.4, -0.2) is 38.2 Å². The van der Waals surface area contributed by atoms with Crippen molar-refractivity contribution in [1.82, 2.24) is 19.9 Å². The first-order valence-electron chi connectivity index (χ1n) is 4.09. The van der Waals surface area contributed by atoms with E-state index in [9.17, 15) is 0 Å². The highest BCUT2D eigenvalue weighted by molar-refractivity contribution is 7.71. The molecule has 0 fully saturated rings. The number of aliphatic hydroxyl groups excluding tert-OH is 1. The number of nitrogens with one attached hydrogen (secondary N) is 3. The Bertz CT molecular complexity index is 490. The van der Waals surface area contributed by atoms with Crippen molar-refractivity contribution in [2.75, 3.05) is 18.5 Å². The third-order valence-corrected chi connectivity index (χ3v) is 2.00. The van der Waals surface area contributed by atoms with Crippen molar-refractivity contribution in [2.24, 2.45) is 0 Å². The largest absolute Gasteiger partial charge is 0.395 e. The number of aromatic amines is 2. The summed E-state index contributed by atoms with van der Waals surface area (Å²) < 4.78 is 0.455. The molecule has 0 aliphatic rings. The zero-order chi connectivity index (χ0) is 9.97. The standard InChI is InChI=1S/C7H9N5OS/c13-2-1-8-7-11-5-4(6(14)12-7)9-3-10-5/h3,13H,1-2H2,(H3,8,9,10,11,12,14). The Kier molecular flexibility index (Phi) is 2.42. The molecular formula is C7H9N5OS. The molecule has 6 nitrogen and oxygen atoms in total. The second-order valence-electron chi connectivity index (χ2n) is 2.67. The number of anilines is 1. The van der Waals surface area contributed by atoms with Gasteiger partial charge in [-0.15, -0.1) is 0 Å². The molecule has 0 amide bonds. The van der Waals surface area contributed by atoms with Crippen LogP contribution in [0.5, 0.6) is 0 Å². The van der Waals surface area contributed by atoms with Crippen LogP contribution in [0.2, 0.25) is 0 Å². The Hall–Kier alpha value is -1.47. The zero-order valence-corrected chi connectivity index (χ0v) is 8.06. The van der Waals surface area contributed by atoms with Gasteiger partial charge in [0.1, 0.15) is 5.52 Å². The molecule has 0 aliphatic heterocycles. The number of fused-ring (bicyclic) bond motifs is 1. The average Bonchev–Trinajstić information content (AvgIpc) is 2.63. The molecule has 0 unspecified atom stereocenters. The third kappa shape index (κ3) is 1.59. The van der Waals surface area contributed by atoms with Gasteiger partial charge in [0.25, 0.3) is 0 Å². The van der Waals surface area contributed by atoms with E-state index in [2.05, 4.69) is 25.3 Å². The Morgan fingerprint density at radius 3 is 3.21 bits per heavy atom. The van der Waals surface area contributed by atoms with Crippen molar-refractivity contribution in [2.45, 2.75) is 0 Å². The maximum atomic E-state index is 8.62. The maximum Gasteiger partial charge on any atom is 0.203 e. The van der Waals surface area contributed by atoms with Crippen molar-refractivity contribution in [1.29, 1.82) is 0 Å². The van der Waals surface area contributed by atoms with E-state index in [1.807, 2.05) is 0 Å². The minimum atomic E-state index is 0.0425. The lowest BCUT2D eigenvalue weighted by Gasteiger charge is -2.02. The molecule has 0 bridgehead atoms. The summed E-state index contributed by atoms with van der Waals surface area (Å²) >= 11 is 5.04. The summed E-state index contributed by atoms with van der Waals surface area (Å²) in [6, 6.07) is 0. The molecule has 0 aromatic carbocycles. The molecule has 4 N–H and O–H groups in total. The molecule has 2 aromatic heterocycles. The van der Waals surface area contributed by atoms with E-state index >= 15 is 0 Å². The molecular weight excluding hydrogens is 202 g/mol. The summed E-state index contributed by atoms with van der Waals surface area (Å²) in [4.78, 5) is 13.9. The number of rotatable bonds is 3. The van der Waals surface area contributed by atoms with E-state index in [0.29, 0.717) is 22.8 Å². The van der Waals surface area contributed by atoms with Gasteiger partial charge in [0, 0.05) is 6.54 Å². The van der Waals surface area contributed by atoms with Gasteiger partial charge in [-0.2, -0.15) is 0 Å². The molecule has 0 saturated carbocycles. The number of aliphatic hydroxyl groups is 1. The minimum Gasteiger partial charge on any atom is -0.395 e. The summed E-state index contributed by atoms with van der Waals surface area (Å²) in [5.41, 5.74) is 1.37. The molecule has 2 rings (SSSR count). The number of H-pyrrole nitrogens is 2. The van der Waals surface area contributed by atoms with Crippen molar-refractivity contribution in [3.8, 4) is 0 Å².